The molecular formula is C15H9ClF3NO. The third-order valence-corrected chi connectivity index (χ3v) is 2.86. The van der Waals surface area contributed by atoms with Crippen LogP contribution in [-0.4, -0.2) is 6.36 Å². The molecule has 108 valence electrons. The van der Waals surface area contributed by atoms with Crippen LogP contribution in [0.2, 0.25) is 5.02 Å². The monoisotopic (exact) mass is 311 g/mol. The van der Waals surface area contributed by atoms with Gasteiger partial charge in [-0.05, 0) is 41.0 Å². The number of ether oxygens (including phenoxy) is 1. The summed E-state index contributed by atoms with van der Waals surface area (Å²) in [4.78, 5) is 0. The molecule has 2 rings (SSSR count). The van der Waals surface area contributed by atoms with Gasteiger partial charge in [0.2, 0.25) is 0 Å². The van der Waals surface area contributed by atoms with E-state index in [1.807, 2.05) is 6.07 Å². The van der Waals surface area contributed by atoms with Gasteiger partial charge < -0.3 is 4.74 Å². The van der Waals surface area contributed by atoms with E-state index in [2.05, 4.69) is 4.74 Å². The molecule has 0 amide bonds. The summed E-state index contributed by atoms with van der Waals surface area (Å²) < 4.78 is 40.6. The average Bonchev–Trinajstić information content (AvgIpc) is 2.36. The van der Waals surface area contributed by atoms with Crippen molar-refractivity contribution in [3.63, 3.8) is 0 Å². The molecule has 0 N–H and O–H groups in total. The summed E-state index contributed by atoms with van der Waals surface area (Å²) in [5.41, 5.74) is 1.85. The van der Waals surface area contributed by atoms with Crippen molar-refractivity contribution in [2.75, 3.05) is 0 Å². The normalized spacial score (nSPS) is 11.0. The summed E-state index contributed by atoms with van der Waals surface area (Å²) in [6, 6.07) is 12.6. The Bertz CT molecular complexity index is 692. The Morgan fingerprint density at radius 3 is 2.52 bits per heavy atom. The lowest BCUT2D eigenvalue weighted by molar-refractivity contribution is -0.274. The summed E-state index contributed by atoms with van der Waals surface area (Å²) in [6.07, 6.45) is -4.56. The topological polar surface area (TPSA) is 33.0 Å². The lowest BCUT2D eigenvalue weighted by Gasteiger charge is -2.11. The van der Waals surface area contributed by atoms with Crippen LogP contribution < -0.4 is 4.74 Å². The second kappa shape index (κ2) is 6.06. The van der Waals surface area contributed by atoms with Crippen molar-refractivity contribution < 1.29 is 17.9 Å². The van der Waals surface area contributed by atoms with Crippen LogP contribution in [-0.2, 0) is 6.42 Å². The SMILES string of the molecule is N#CCc1cc(Cl)cc(-c2cccc(OC(F)(F)F)c2)c1. The first-order valence-electron chi connectivity index (χ1n) is 5.90. The van der Waals surface area contributed by atoms with Crippen molar-refractivity contribution in [1.29, 1.82) is 5.26 Å². The van der Waals surface area contributed by atoms with Crippen molar-refractivity contribution in [2.45, 2.75) is 12.8 Å². The molecule has 0 saturated carbocycles. The Kier molecular flexibility index (Phi) is 4.39. The fourth-order valence-electron chi connectivity index (χ4n) is 1.88. The lowest BCUT2D eigenvalue weighted by Crippen LogP contribution is -2.17. The van der Waals surface area contributed by atoms with E-state index in [1.165, 1.54) is 18.2 Å². The van der Waals surface area contributed by atoms with Gasteiger partial charge in [0.15, 0.2) is 0 Å². The van der Waals surface area contributed by atoms with E-state index in [0.29, 0.717) is 21.7 Å². The van der Waals surface area contributed by atoms with Crippen LogP contribution in [0.4, 0.5) is 13.2 Å². The predicted octanol–water partition coefficient (Wildman–Crippen LogP) is 4.97. The molecule has 0 aliphatic rings. The highest BCUT2D eigenvalue weighted by Crippen LogP contribution is 2.30. The molecule has 0 spiro atoms. The molecule has 0 unspecified atom stereocenters. The van der Waals surface area contributed by atoms with E-state index in [1.54, 1.807) is 24.3 Å². The van der Waals surface area contributed by atoms with Gasteiger partial charge in [0.1, 0.15) is 5.75 Å². The summed E-state index contributed by atoms with van der Waals surface area (Å²) in [5.74, 6) is -0.304. The minimum Gasteiger partial charge on any atom is -0.406 e. The van der Waals surface area contributed by atoms with Crippen molar-refractivity contribution >= 4 is 11.6 Å². The van der Waals surface area contributed by atoms with Crippen LogP contribution in [0.25, 0.3) is 11.1 Å². The second-order valence-electron chi connectivity index (χ2n) is 4.26. The number of alkyl halides is 3. The fourth-order valence-corrected chi connectivity index (χ4v) is 2.14. The van der Waals surface area contributed by atoms with E-state index in [9.17, 15) is 13.2 Å². The summed E-state index contributed by atoms with van der Waals surface area (Å²) in [5, 5.41) is 9.12. The average molecular weight is 312 g/mol. The number of halogens is 4. The van der Waals surface area contributed by atoms with Gasteiger partial charge >= 0.3 is 6.36 Å². The zero-order valence-corrected chi connectivity index (χ0v) is 11.4. The first-order valence-corrected chi connectivity index (χ1v) is 6.28. The Morgan fingerprint density at radius 2 is 1.86 bits per heavy atom. The summed E-state index contributed by atoms with van der Waals surface area (Å²) >= 11 is 5.96. The van der Waals surface area contributed by atoms with Crippen molar-refractivity contribution in [2.24, 2.45) is 0 Å². The largest absolute Gasteiger partial charge is 0.573 e. The Hall–Kier alpha value is -2.19. The van der Waals surface area contributed by atoms with Crippen molar-refractivity contribution in [3.05, 3.63) is 53.1 Å². The number of nitrogens with zero attached hydrogens (tertiary/aromatic N) is 1. The van der Waals surface area contributed by atoms with Crippen LogP contribution in [0.3, 0.4) is 0 Å². The smallest absolute Gasteiger partial charge is 0.406 e. The quantitative estimate of drug-likeness (QED) is 0.801. The molecule has 21 heavy (non-hydrogen) atoms. The molecule has 0 heterocycles. The number of benzene rings is 2. The Balaban J connectivity index is 2.38. The molecular weight excluding hydrogens is 303 g/mol. The van der Waals surface area contributed by atoms with Gasteiger partial charge in [0.25, 0.3) is 0 Å². The lowest BCUT2D eigenvalue weighted by atomic mass is 10.0. The highest BCUT2D eigenvalue weighted by Gasteiger charge is 2.31. The molecule has 0 fully saturated rings. The maximum absolute atomic E-state index is 12.2. The predicted molar refractivity (Wildman–Crippen MR) is 72.9 cm³/mol. The van der Waals surface area contributed by atoms with E-state index >= 15 is 0 Å². The number of rotatable bonds is 3. The Labute approximate surface area is 124 Å². The van der Waals surface area contributed by atoms with E-state index in [-0.39, 0.29) is 12.2 Å². The zero-order valence-electron chi connectivity index (χ0n) is 10.6. The van der Waals surface area contributed by atoms with Gasteiger partial charge in [-0.25, -0.2) is 0 Å². The molecule has 2 aromatic carbocycles. The molecule has 0 aliphatic heterocycles. The zero-order chi connectivity index (χ0) is 15.5. The van der Waals surface area contributed by atoms with E-state index < -0.39 is 6.36 Å². The van der Waals surface area contributed by atoms with Crippen LogP contribution >= 0.6 is 11.6 Å². The van der Waals surface area contributed by atoms with E-state index in [0.717, 1.165) is 0 Å². The highest BCUT2D eigenvalue weighted by molar-refractivity contribution is 6.31. The molecule has 6 heteroatoms. The first-order chi connectivity index (χ1) is 9.87. The minimum absolute atomic E-state index is 0.173. The standard InChI is InChI=1S/C15H9ClF3NO/c16-13-7-10(4-5-20)6-12(8-13)11-2-1-3-14(9-11)21-15(17,18)19/h1-3,6-9H,4H2. The van der Waals surface area contributed by atoms with Gasteiger partial charge in [-0.1, -0.05) is 29.8 Å². The van der Waals surface area contributed by atoms with Crippen LogP contribution in [0.1, 0.15) is 5.56 Å². The van der Waals surface area contributed by atoms with Crippen molar-refractivity contribution in [1.82, 2.24) is 0 Å². The Morgan fingerprint density at radius 1 is 1.10 bits per heavy atom. The molecule has 0 saturated heterocycles. The van der Waals surface area contributed by atoms with Gasteiger partial charge in [-0.15, -0.1) is 13.2 Å². The molecule has 2 nitrogen and oxygen atoms in total. The molecule has 0 radical (unpaired) electrons. The molecule has 0 aromatic heterocycles. The van der Waals surface area contributed by atoms with Crippen LogP contribution in [0, 0.1) is 11.3 Å². The van der Waals surface area contributed by atoms with Gasteiger partial charge in [0, 0.05) is 5.02 Å². The molecule has 0 bridgehead atoms. The molecule has 0 atom stereocenters. The summed E-state index contributed by atoms with van der Waals surface area (Å²) in [7, 11) is 0. The van der Waals surface area contributed by atoms with Crippen LogP contribution in [0.5, 0.6) is 5.75 Å². The van der Waals surface area contributed by atoms with Gasteiger partial charge in [0.05, 0.1) is 12.5 Å². The van der Waals surface area contributed by atoms with Gasteiger partial charge in [-0.3, -0.25) is 0 Å². The maximum Gasteiger partial charge on any atom is 0.573 e. The molecule has 0 aliphatic carbocycles. The number of hydrogen-bond acceptors (Lipinski definition) is 2. The third-order valence-electron chi connectivity index (χ3n) is 2.64. The number of nitriles is 1. The number of hydrogen-bond donors (Lipinski definition) is 0. The minimum atomic E-state index is -4.74. The highest BCUT2D eigenvalue weighted by atomic mass is 35.5. The van der Waals surface area contributed by atoms with Crippen LogP contribution in [0.15, 0.2) is 42.5 Å². The first kappa shape index (κ1) is 15.2. The van der Waals surface area contributed by atoms with E-state index in [4.69, 9.17) is 16.9 Å². The second-order valence-corrected chi connectivity index (χ2v) is 4.70. The summed E-state index contributed by atoms with van der Waals surface area (Å²) in [6.45, 7) is 0. The molecule has 2 aromatic rings. The third kappa shape index (κ3) is 4.40. The van der Waals surface area contributed by atoms with Gasteiger partial charge in [-0.2, -0.15) is 5.26 Å². The fraction of sp³-hybridized carbons (Fsp3) is 0.133. The van der Waals surface area contributed by atoms with Crippen molar-refractivity contribution in [3.8, 4) is 22.9 Å². The maximum atomic E-state index is 12.2.